The van der Waals surface area contributed by atoms with E-state index < -0.39 is 6.10 Å². The van der Waals surface area contributed by atoms with Crippen LogP contribution in [0.3, 0.4) is 0 Å². The smallest absolute Gasteiger partial charge is 0.165 e. The number of hydrogen-bond acceptors (Lipinski definition) is 3. The number of carbonyl (C=O) groups is 1. The molecular weight excluding hydrogens is 238 g/mol. The average Bonchev–Trinajstić information content (AvgIpc) is 2.48. The first-order chi connectivity index (χ1) is 9.20. The molecule has 2 aromatic rings. The fourth-order valence-corrected chi connectivity index (χ4v) is 1.82. The van der Waals surface area contributed by atoms with Crippen LogP contribution in [0.5, 0.6) is 0 Å². The predicted molar refractivity (Wildman–Crippen MR) is 71.5 cm³/mol. The molecule has 0 aliphatic carbocycles. The molecule has 0 saturated carbocycles. The van der Waals surface area contributed by atoms with E-state index >= 15 is 0 Å². The zero-order valence-corrected chi connectivity index (χ0v) is 10.3. The third kappa shape index (κ3) is 3.27. The minimum absolute atomic E-state index is 0.0376. The Bertz CT molecular complexity index is 597. The van der Waals surface area contributed by atoms with Gasteiger partial charge in [0, 0.05) is 12.0 Å². The molecule has 0 heterocycles. The second-order valence-corrected chi connectivity index (χ2v) is 4.24. The van der Waals surface area contributed by atoms with Crippen LogP contribution in [0.4, 0.5) is 0 Å². The number of aliphatic hydroxyl groups is 1. The van der Waals surface area contributed by atoms with Gasteiger partial charge in [-0.15, -0.1) is 0 Å². The van der Waals surface area contributed by atoms with Gasteiger partial charge in [0.25, 0.3) is 0 Å². The Hall–Kier alpha value is -2.44. The number of rotatable bonds is 4. The molecule has 19 heavy (non-hydrogen) atoms. The van der Waals surface area contributed by atoms with Gasteiger partial charge in [-0.25, -0.2) is 0 Å². The van der Waals surface area contributed by atoms with E-state index in [1.807, 2.05) is 24.3 Å². The first-order valence-electron chi connectivity index (χ1n) is 5.97. The lowest BCUT2D eigenvalue weighted by Gasteiger charge is -2.10. The SMILES string of the molecule is N#Cc1ccc(C(=O)CC(O)c2ccccc2)cc1. The highest BCUT2D eigenvalue weighted by molar-refractivity contribution is 5.96. The summed E-state index contributed by atoms with van der Waals surface area (Å²) in [6.07, 6.45) is -0.764. The van der Waals surface area contributed by atoms with Gasteiger partial charge >= 0.3 is 0 Å². The number of benzene rings is 2. The molecule has 94 valence electrons. The van der Waals surface area contributed by atoms with Gasteiger partial charge in [-0.2, -0.15) is 5.26 Å². The van der Waals surface area contributed by atoms with Gasteiger partial charge in [0.1, 0.15) is 0 Å². The fraction of sp³-hybridized carbons (Fsp3) is 0.125. The van der Waals surface area contributed by atoms with Crippen LogP contribution in [0.1, 0.15) is 34.0 Å². The predicted octanol–water partition coefficient (Wildman–Crippen LogP) is 2.86. The lowest BCUT2D eigenvalue weighted by molar-refractivity contribution is 0.0880. The maximum absolute atomic E-state index is 12.0. The summed E-state index contributed by atoms with van der Waals surface area (Å²) >= 11 is 0. The van der Waals surface area contributed by atoms with Gasteiger partial charge in [0.15, 0.2) is 5.78 Å². The second kappa shape index (κ2) is 5.94. The van der Waals surface area contributed by atoms with Crippen LogP contribution in [0.25, 0.3) is 0 Å². The van der Waals surface area contributed by atoms with Gasteiger partial charge in [0.2, 0.25) is 0 Å². The zero-order valence-electron chi connectivity index (χ0n) is 10.3. The van der Waals surface area contributed by atoms with E-state index in [1.54, 1.807) is 36.4 Å². The van der Waals surface area contributed by atoms with E-state index in [4.69, 9.17) is 5.26 Å². The summed E-state index contributed by atoms with van der Waals surface area (Å²) in [5, 5.41) is 18.7. The summed E-state index contributed by atoms with van der Waals surface area (Å²) in [5.41, 5.74) is 1.75. The first kappa shape index (κ1) is 13.0. The van der Waals surface area contributed by atoms with E-state index in [1.165, 1.54) is 0 Å². The van der Waals surface area contributed by atoms with Gasteiger partial charge < -0.3 is 5.11 Å². The van der Waals surface area contributed by atoms with Crippen molar-refractivity contribution in [2.75, 3.05) is 0 Å². The summed E-state index contributed by atoms with van der Waals surface area (Å²) in [7, 11) is 0. The van der Waals surface area contributed by atoms with Crippen LogP contribution in [-0.4, -0.2) is 10.9 Å². The molecule has 1 N–H and O–H groups in total. The molecule has 0 fully saturated rings. The molecule has 0 bridgehead atoms. The normalized spacial score (nSPS) is 11.6. The third-order valence-electron chi connectivity index (χ3n) is 2.90. The molecule has 1 unspecified atom stereocenters. The monoisotopic (exact) mass is 251 g/mol. The Labute approximate surface area is 111 Å². The second-order valence-electron chi connectivity index (χ2n) is 4.24. The molecule has 2 aromatic carbocycles. The first-order valence-corrected chi connectivity index (χ1v) is 5.97. The number of nitrogens with zero attached hydrogens (tertiary/aromatic N) is 1. The van der Waals surface area contributed by atoms with Crippen molar-refractivity contribution in [3.05, 3.63) is 71.3 Å². The summed E-state index contributed by atoms with van der Waals surface area (Å²) in [6, 6.07) is 17.5. The maximum Gasteiger partial charge on any atom is 0.165 e. The van der Waals surface area contributed by atoms with Gasteiger partial charge in [-0.3, -0.25) is 4.79 Å². The van der Waals surface area contributed by atoms with Crippen molar-refractivity contribution < 1.29 is 9.90 Å². The highest BCUT2D eigenvalue weighted by Crippen LogP contribution is 2.18. The molecular formula is C16H13NO2. The molecule has 0 spiro atoms. The molecule has 2 rings (SSSR count). The Morgan fingerprint density at radius 2 is 1.74 bits per heavy atom. The number of carbonyl (C=O) groups excluding carboxylic acids is 1. The Morgan fingerprint density at radius 1 is 1.11 bits per heavy atom. The fourth-order valence-electron chi connectivity index (χ4n) is 1.82. The van der Waals surface area contributed by atoms with E-state index in [2.05, 4.69) is 0 Å². The van der Waals surface area contributed by atoms with Gasteiger partial charge in [0.05, 0.1) is 17.7 Å². The van der Waals surface area contributed by atoms with Crippen molar-refractivity contribution in [3.8, 4) is 6.07 Å². The molecule has 0 aliphatic rings. The molecule has 0 saturated heterocycles. The number of Topliss-reactive ketones (excluding diaryl/α,β-unsaturated/α-hetero) is 1. The van der Waals surface area contributed by atoms with Crippen LogP contribution < -0.4 is 0 Å². The van der Waals surface area contributed by atoms with Gasteiger partial charge in [-0.05, 0) is 17.7 Å². The van der Waals surface area contributed by atoms with Crippen LogP contribution >= 0.6 is 0 Å². The highest BCUT2D eigenvalue weighted by atomic mass is 16.3. The number of ketones is 1. The number of nitriles is 1. The molecule has 0 radical (unpaired) electrons. The summed E-state index contributed by atoms with van der Waals surface area (Å²) in [4.78, 5) is 12.0. The number of hydrogen-bond donors (Lipinski definition) is 1. The minimum atomic E-state index is -0.802. The van der Waals surface area contributed by atoms with E-state index in [-0.39, 0.29) is 12.2 Å². The largest absolute Gasteiger partial charge is 0.388 e. The van der Waals surface area contributed by atoms with Gasteiger partial charge in [-0.1, -0.05) is 42.5 Å². The standard InChI is InChI=1S/C16H13NO2/c17-11-12-6-8-14(9-7-12)16(19)10-15(18)13-4-2-1-3-5-13/h1-9,15,18H,10H2. The Morgan fingerprint density at radius 3 is 2.32 bits per heavy atom. The van der Waals surface area contributed by atoms with Crippen LogP contribution in [0.15, 0.2) is 54.6 Å². The molecule has 3 heteroatoms. The molecule has 0 amide bonds. The lowest BCUT2D eigenvalue weighted by atomic mass is 10.00. The van der Waals surface area contributed by atoms with Crippen molar-refractivity contribution in [3.63, 3.8) is 0 Å². The van der Waals surface area contributed by atoms with Crippen molar-refractivity contribution >= 4 is 5.78 Å². The Kier molecular flexibility index (Phi) is 4.07. The minimum Gasteiger partial charge on any atom is -0.388 e. The van der Waals surface area contributed by atoms with E-state index in [0.717, 1.165) is 5.56 Å². The van der Waals surface area contributed by atoms with Crippen LogP contribution in [0, 0.1) is 11.3 Å². The van der Waals surface area contributed by atoms with Crippen molar-refractivity contribution in [1.82, 2.24) is 0 Å². The zero-order chi connectivity index (χ0) is 13.7. The van der Waals surface area contributed by atoms with Crippen molar-refractivity contribution in [2.45, 2.75) is 12.5 Å². The lowest BCUT2D eigenvalue weighted by Crippen LogP contribution is -2.07. The average molecular weight is 251 g/mol. The molecule has 3 nitrogen and oxygen atoms in total. The van der Waals surface area contributed by atoms with E-state index in [9.17, 15) is 9.90 Å². The van der Waals surface area contributed by atoms with Crippen molar-refractivity contribution in [1.29, 1.82) is 5.26 Å². The van der Waals surface area contributed by atoms with Crippen LogP contribution in [0.2, 0.25) is 0 Å². The van der Waals surface area contributed by atoms with Crippen molar-refractivity contribution in [2.24, 2.45) is 0 Å². The summed E-state index contributed by atoms with van der Waals surface area (Å²) in [5.74, 6) is -0.138. The van der Waals surface area contributed by atoms with E-state index in [0.29, 0.717) is 11.1 Å². The summed E-state index contributed by atoms with van der Waals surface area (Å²) < 4.78 is 0. The quantitative estimate of drug-likeness (QED) is 0.850. The molecule has 0 aliphatic heterocycles. The number of aliphatic hydroxyl groups excluding tert-OH is 1. The van der Waals surface area contributed by atoms with Crippen LogP contribution in [-0.2, 0) is 0 Å². The highest BCUT2D eigenvalue weighted by Gasteiger charge is 2.14. The Balaban J connectivity index is 2.06. The topological polar surface area (TPSA) is 61.1 Å². The third-order valence-corrected chi connectivity index (χ3v) is 2.90. The molecule has 0 aromatic heterocycles. The maximum atomic E-state index is 12.0. The summed E-state index contributed by atoms with van der Waals surface area (Å²) in [6.45, 7) is 0. The molecule has 1 atom stereocenters.